The fraction of sp³-hybridized carbons (Fsp3) is 0.214. The lowest BCUT2D eigenvalue weighted by molar-refractivity contribution is -0.136. The topological polar surface area (TPSA) is 71.1 Å². The first-order valence-corrected chi connectivity index (χ1v) is 6.03. The second-order valence-electron chi connectivity index (χ2n) is 4.46. The lowest BCUT2D eigenvalue weighted by Gasteiger charge is -2.10. The average molecular weight is 257 g/mol. The molecule has 5 nitrogen and oxygen atoms in total. The number of aromatic nitrogens is 1. The second-order valence-corrected chi connectivity index (χ2v) is 4.46. The van der Waals surface area contributed by atoms with Gasteiger partial charge in [-0.3, -0.25) is 14.6 Å². The number of pyridine rings is 1. The molecule has 19 heavy (non-hydrogen) atoms. The second kappa shape index (κ2) is 5.48. The molecule has 5 heteroatoms. The largest absolute Gasteiger partial charge is 0.346 e. The molecule has 0 radical (unpaired) electrons. The zero-order chi connectivity index (χ0) is 13.8. The molecule has 0 aliphatic heterocycles. The zero-order valence-electron chi connectivity index (χ0n) is 10.8. The van der Waals surface area contributed by atoms with Crippen LogP contribution in [0.5, 0.6) is 0 Å². The number of rotatable bonds is 2. The van der Waals surface area contributed by atoms with E-state index < -0.39 is 11.8 Å². The van der Waals surface area contributed by atoms with Gasteiger partial charge in [-0.05, 0) is 26.0 Å². The van der Waals surface area contributed by atoms with Crippen molar-refractivity contribution in [1.82, 2.24) is 10.3 Å². The minimum Gasteiger partial charge on any atom is -0.346 e. The van der Waals surface area contributed by atoms with Gasteiger partial charge in [0.05, 0.1) is 11.2 Å². The highest BCUT2D eigenvalue weighted by Crippen LogP contribution is 2.20. The number of benzene rings is 1. The van der Waals surface area contributed by atoms with E-state index in [-0.39, 0.29) is 6.04 Å². The van der Waals surface area contributed by atoms with E-state index in [1.165, 1.54) is 0 Å². The zero-order valence-corrected chi connectivity index (χ0v) is 10.8. The van der Waals surface area contributed by atoms with Crippen LogP contribution in [0.15, 0.2) is 36.5 Å². The highest BCUT2D eigenvalue weighted by Gasteiger charge is 2.15. The van der Waals surface area contributed by atoms with Gasteiger partial charge in [-0.2, -0.15) is 0 Å². The Morgan fingerprint density at radius 2 is 1.84 bits per heavy atom. The van der Waals surface area contributed by atoms with Gasteiger partial charge in [0.15, 0.2) is 0 Å². The number of hydrogen-bond acceptors (Lipinski definition) is 3. The van der Waals surface area contributed by atoms with E-state index in [9.17, 15) is 9.59 Å². The molecule has 0 spiro atoms. The average Bonchev–Trinajstić information content (AvgIpc) is 2.38. The Kier molecular flexibility index (Phi) is 3.75. The van der Waals surface area contributed by atoms with Crippen molar-refractivity contribution in [3.05, 3.63) is 36.5 Å². The first kappa shape index (κ1) is 13.0. The maximum absolute atomic E-state index is 11.7. The highest BCUT2D eigenvalue weighted by atomic mass is 16.2. The number of carbonyl (C=O) groups excluding carboxylic acids is 2. The molecule has 1 aromatic carbocycles. The van der Waals surface area contributed by atoms with Crippen molar-refractivity contribution < 1.29 is 9.59 Å². The minimum absolute atomic E-state index is 0.0797. The van der Waals surface area contributed by atoms with E-state index in [2.05, 4.69) is 15.6 Å². The fourth-order valence-electron chi connectivity index (χ4n) is 1.71. The molecule has 2 aromatic rings. The smallest absolute Gasteiger partial charge is 0.313 e. The number of fused-ring (bicyclic) bond motifs is 1. The number of anilines is 1. The van der Waals surface area contributed by atoms with E-state index in [4.69, 9.17) is 0 Å². The van der Waals surface area contributed by atoms with Gasteiger partial charge in [-0.25, -0.2) is 0 Å². The first-order valence-electron chi connectivity index (χ1n) is 6.03. The van der Waals surface area contributed by atoms with E-state index in [0.29, 0.717) is 11.2 Å². The van der Waals surface area contributed by atoms with Crippen molar-refractivity contribution in [1.29, 1.82) is 0 Å². The summed E-state index contributed by atoms with van der Waals surface area (Å²) in [6, 6.07) is 9.05. The molecule has 0 aliphatic carbocycles. The monoisotopic (exact) mass is 257 g/mol. The Bertz CT molecular complexity index is 618. The third-order valence-corrected chi connectivity index (χ3v) is 2.51. The number of nitrogens with zero attached hydrogens (tertiary/aromatic N) is 1. The molecule has 0 atom stereocenters. The Morgan fingerprint density at radius 1 is 1.11 bits per heavy atom. The van der Waals surface area contributed by atoms with Crippen LogP contribution >= 0.6 is 0 Å². The summed E-state index contributed by atoms with van der Waals surface area (Å²) in [6.07, 6.45) is 1.65. The van der Waals surface area contributed by atoms with Gasteiger partial charge in [0.1, 0.15) is 0 Å². The molecule has 2 rings (SSSR count). The van der Waals surface area contributed by atoms with E-state index in [0.717, 1.165) is 5.39 Å². The van der Waals surface area contributed by atoms with Crippen LogP contribution in [0, 0.1) is 0 Å². The maximum atomic E-state index is 11.7. The molecular weight excluding hydrogens is 242 g/mol. The summed E-state index contributed by atoms with van der Waals surface area (Å²) in [5.74, 6) is -1.34. The number of nitrogens with one attached hydrogen (secondary N) is 2. The molecule has 1 heterocycles. The highest BCUT2D eigenvalue weighted by molar-refractivity contribution is 6.40. The number of para-hydroxylation sites is 1. The van der Waals surface area contributed by atoms with Crippen LogP contribution in [0.25, 0.3) is 10.9 Å². The SMILES string of the molecule is CC(C)NC(=O)C(=O)Nc1cccc2cccnc12. The Balaban J connectivity index is 2.22. The summed E-state index contributed by atoms with van der Waals surface area (Å²) in [5.41, 5.74) is 1.19. The van der Waals surface area contributed by atoms with Crippen LogP contribution in [-0.2, 0) is 9.59 Å². The van der Waals surface area contributed by atoms with Crippen LogP contribution in [0.1, 0.15) is 13.8 Å². The summed E-state index contributed by atoms with van der Waals surface area (Å²) in [5, 5.41) is 6.02. The molecule has 1 aromatic heterocycles. The fourth-order valence-corrected chi connectivity index (χ4v) is 1.71. The molecule has 2 N–H and O–H groups in total. The molecule has 0 aliphatic rings. The molecule has 0 fully saturated rings. The normalized spacial score (nSPS) is 10.5. The lowest BCUT2D eigenvalue weighted by atomic mass is 10.2. The van der Waals surface area contributed by atoms with Gasteiger partial charge in [0, 0.05) is 17.6 Å². The standard InChI is InChI=1S/C14H15N3O2/c1-9(2)16-13(18)14(19)17-11-7-3-5-10-6-4-8-15-12(10)11/h3-9H,1-2H3,(H,16,18)(H,17,19). The third kappa shape index (κ3) is 3.07. The molecule has 2 amide bonds. The van der Waals surface area contributed by atoms with Gasteiger partial charge < -0.3 is 10.6 Å². The van der Waals surface area contributed by atoms with Crippen molar-refractivity contribution in [2.24, 2.45) is 0 Å². The van der Waals surface area contributed by atoms with E-state index in [1.807, 2.05) is 18.2 Å². The predicted octanol–water partition coefficient (Wildman–Crippen LogP) is 1.70. The van der Waals surface area contributed by atoms with Crippen molar-refractivity contribution >= 4 is 28.4 Å². The molecule has 0 bridgehead atoms. The van der Waals surface area contributed by atoms with Crippen molar-refractivity contribution in [2.75, 3.05) is 5.32 Å². The van der Waals surface area contributed by atoms with E-state index in [1.54, 1.807) is 32.2 Å². The molecular formula is C14H15N3O2. The Labute approximate surface area is 111 Å². The van der Waals surface area contributed by atoms with Crippen LogP contribution in [0.4, 0.5) is 5.69 Å². The summed E-state index contributed by atoms with van der Waals surface area (Å²) in [4.78, 5) is 27.5. The summed E-state index contributed by atoms with van der Waals surface area (Å²) < 4.78 is 0. The van der Waals surface area contributed by atoms with Crippen molar-refractivity contribution in [3.63, 3.8) is 0 Å². The van der Waals surface area contributed by atoms with Crippen LogP contribution in [-0.4, -0.2) is 22.8 Å². The van der Waals surface area contributed by atoms with Gasteiger partial charge in [0.25, 0.3) is 0 Å². The Morgan fingerprint density at radius 3 is 2.58 bits per heavy atom. The van der Waals surface area contributed by atoms with Crippen LogP contribution in [0.3, 0.4) is 0 Å². The van der Waals surface area contributed by atoms with Gasteiger partial charge in [0.2, 0.25) is 0 Å². The van der Waals surface area contributed by atoms with Crippen molar-refractivity contribution in [2.45, 2.75) is 19.9 Å². The lowest BCUT2D eigenvalue weighted by Crippen LogP contribution is -2.39. The molecule has 0 saturated heterocycles. The van der Waals surface area contributed by atoms with Crippen molar-refractivity contribution in [3.8, 4) is 0 Å². The number of hydrogen-bond donors (Lipinski definition) is 2. The molecule has 0 saturated carbocycles. The molecule has 0 unspecified atom stereocenters. The Hall–Kier alpha value is -2.43. The number of carbonyl (C=O) groups is 2. The summed E-state index contributed by atoms with van der Waals surface area (Å²) >= 11 is 0. The maximum Gasteiger partial charge on any atom is 0.313 e. The number of amides is 2. The third-order valence-electron chi connectivity index (χ3n) is 2.51. The van der Waals surface area contributed by atoms with Crippen LogP contribution < -0.4 is 10.6 Å². The quantitative estimate of drug-likeness (QED) is 0.804. The van der Waals surface area contributed by atoms with Gasteiger partial charge in [-0.15, -0.1) is 0 Å². The van der Waals surface area contributed by atoms with Gasteiger partial charge in [-0.1, -0.05) is 18.2 Å². The van der Waals surface area contributed by atoms with Crippen LogP contribution in [0.2, 0.25) is 0 Å². The minimum atomic E-state index is -0.688. The predicted molar refractivity (Wildman–Crippen MR) is 73.7 cm³/mol. The molecule has 98 valence electrons. The van der Waals surface area contributed by atoms with E-state index >= 15 is 0 Å². The first-order chi connectivity index (χ1) is 9.08. The summed E-state index contributed by atoms with van der Waals surface area (Å²) in [7, 11) is 0. The summed E-state index contributed by atoms with van der Waals surface area (Å²) in [6.45, 7) is 3.59. The van der Waals surface area contributed by atoms with Gasteiger partial charge >= 0.3 is 11.8 Å².